The molecule has 0 aliphatic rings. The van der Waals surface area contributed by atoms with Crippen LogP contribution in [-0.2, 0) is 0 Å². The third-order valence-corrected chi connectivity index (χ3v) is 2.36. The molecule has 0 aromatic heterocycles. The average molecular weight is 214 g/mol. The highest BCUT2D eigenvalue weighted by atomic mass is 15.0. The molecule has 0 aromatic carbocycles. The maximum absolute atomic E-state index is 3.63. The van der Waals surface area contributed by atoms with Crippen LogP contribution in [0.5, 0.6) is 0 Å². The molecule has 2 heteroatoms. The second-order valence-corrected chi connectivity index (χ2v) is 6.26. The van der Waals surface area contributed by atoms with E-state index in [9.17, 15) is 0 Å². The van der Waals surface area contributed by atoms with Gasteiger partial charge in [0.15, 0.2) is 0 Å². The molecular formula is C13H30N2. The highest BCUT2D eigenvalue weighted by Crippen LogP contribution is 2.26. The molecule has 0 rings (SSSR count). The van der Waals surface area contributed by atoms with Crippen LogP contribution >= 0.6 is 0 Å². The molecule has 15 heavy (non-hydrogen) atoms. The van der Waals surface area contributed by atoms with Gasteiger partial charge in [-0.25, -0.2) is 0 Å². The van der Waals surface area contributed by atoms with Gasteiger partial charge < -0.3 is 10.6 Å². The van der Waals surface area contributed by atoms with E-state index in [1.165, 1.54) is 12.8 Å². The van der Waals surface area contributed by atoms with Gasteiger partial charge in [-0.3, -0.25) is 0 Å². The Morgan fingerprint density at radius 1 is 0.933 bits per heavy atom. The quantitative estimate of drug-likeness (QED) is 0.637. The van der Waals surface area contributed by atoms with Crippen molar-refractivity contribution < 1.29 is 0 Å². The van der Waals surface area contributed by atoms with Gasteiger partial charge in [0.2, 0.25) is 0 Å². The van der Waals surface area contributed by atoms with Gasteiger partial charge in [-0.2, -0.15) is 0 Å². The molecule has 0 fully saturated rings. The summed E-state index contributed by atoms with van der Waals surface area (Å²) in [4.78, 5) is 0. The Morgan fingerprint density at radius 3 is 2.00 bits per heavy atom. The van der Waals surface area contributed by atoms with Gasteiger partial charge in [-0.15, -0.1) is 0 Å². The number of rotatable bonds is 7. The van der Waals surface area contributed by atoms with E-state index in [0.29, 0.717) is 5.41 Å². The molecule has 0 saturated carbocycles. The lowest BCUT2D eigenvalue weighted by Crippen LogP contribution is -2.43. The Kier molecular flexibility index (Phi) is 6.46. The van der Waals surface area contributed by atoms with Crippen LogP contribution in [0.2, 0.25) is 0 Å². The summed E-state index contributed by atoms with van der Waals surface area (Å²) in [5.41, 5.74) is 0.655. The predicted molar refractivity (Wildman–Crippen MR) is 69.3 cm³/mol. The molecule has 0 radical (unpaired) electrons. The van der Waals surface area contributed by atoms with Crippen molar-refractivity contribution in [3.8, 4) is 0 Å². The van der Waals surface area contributed by atoms with Crippen LogP contribution in [0.3, 0.4) is 0 Å². The fourth-order valence-corrected chi connectivity index (χ4v) is 2.21. The van der Waals surface area contributed by atoms with Crippen LogP contribution in [0.25, 0.3) is 0 Å². The van der Waals surface area contributed by atoms with Crippen LogP contribution < -0.4 is 10.6 Å². The lowest BCUT2D eigenvalue weighted by molar-refractivity contribution is 0.242. The normalized spacial score (nSPS) is 13.2. The number of nitrogens with one attached hydrogen (secondary N) is 2. The molecule has 92 valence electrons. The monoisotopic (exact) mass is 214 g/mol. The van der Waals surface area contributed by atoms with Gasteiger partial charge in [0.25, 0.3) is 0 Å². The van der Waals surface area contributed by atoms with Crippen molar-refractivity contribution in [3.63, 3.8) is 0 Å². The molecule has 0 saturated heterocycles. The van der Waals surface area contributed by atoms with E-state index in [4.69, 9.17) is 0 Å². The minimum atomic E-state index is 0.254. The van der Waals surface area contributed by atoms with Gasteiger partial charge in [-0.1, -0.05) is 27.7 Å². The maximum atomic E-state index is 3.63. The highest BCUT2D eigenvalue weighted by molar-refractivity contribution is 4.83. The van der Waals surface area contributed by atoms with Crippen molar-refractivity contribution in [1.82, 2.24) is 10.6 Å². The highest BCUT2D eigenvalue weighted by Gasteiger charge is 2.24. The molecule has 0 atom stereocenters. The minimum absolute atomic E-state index is 0.254. The molecular weight excluding hydrogens is 184 g/mol. The molecule has 0 amide bonds. The van der Waals surface area contributed by atoms with Crippen molar-refractivity contribution in [2.24, 2.45) is 5.41 Å². The second kappa shape index (κ2) is 6.49. The van der Waals surface area contributed by atoms with Crippen LogP contribution in [0.4, 0.5) is 0 Å². The smallest absolute Gasteiger partial charge is 0.0130 e. The molecule has 2 nitrogen and oxygen atoms in total. The molecule has 0 unspecified atom stereocenters. The van der Waals surface area contributed by atoms with E-state index in [0.717, 1.165) is 19.6 Å². The summed E-state index contributed by atoms with van der Waals surface area (Å²) in [6.07, 6.45) is 2.42. The van der Waals surface area contributed by atoms with E-state index in [1.807, 2.05) is 0 Å². The molecule has 2 N–H and O–H groups in total. The van der Waals surface area contributed by atoms with Crippen molar-refractivity contribution in [2.75, 3.05) is 19.6 Å². The molecule has 0 bridgehead atoms. The SMILES string of the molecule is CCNCCCNC(C)(C)CC(C)(C)C. The topological polar surface area (TPSA) is 24.1 Å². The van der Waals surface area contributed by atoms with Gasteiger partial charge >= 0.3 is 0 Å². The first-order valence-corrected chi connectivity index (χ1v) is 6.22. The van der Waals surface area contributed by atoms with Crippen LogP contribution in [0, 0.1) is 5.41 Å². The number of hydrogen-bond donors (Lipinski definition) is 2. The molecule has 0 aliphatic carbocycles. The fourth-order valence-electron chi connectivity index (χ4n) is 2.21. The largest absolute Gasteiger partial charge is 0.317 e. The van der Waals surface area contributed by atoms with Crippen molar-refractivity contribution in [1.29, 1.82) is 0 Å². The summed E-state index contributed by atoms with van der Waals surface area (Å²) in [5, 5.41) is 6.98. The summed E-state index contributed by atoms with van der Waals surface area (Å²) in [6, 6.07) is 0. The Bertz CT molecular complexity index is 156. The van der Waals surface area contributed by atoms with Gasteiger partial charge in [0.05, 0.1) is 0 Å². The zero-order valence-corrected chi connectivity index (χ0v) is 11.5. The fraction of sp³-hybridized carbons (Fsp3) is 1.00. The second-order valence-electron chi connectivity index (χ2n) is 6.26. The third-order valence-electron chi connectivity index (χ3n) is 2.36. The Hall–Kier alpha value is -0.0800. The Balaban J connectivity index is 3.65. The van der Waals surface area contributed by atoms with Crippen molar-refractivity contribution in [3.05, 3.63) is 0 Å². The van der Waals surface area contributed by atoms with E-state index in [1.54, 1.807) is 0 Å². The van der Waals surface area contributed by atoms with E-state index in [-0.39, 0.29) is 5.54 Å². The van der Waals surface area contributed by atoms with Crippen LogP contribution in [0.1, 0.15) is 54.4 Å². The summed E-state index contributed by atoms with van der Waals surface area (Å²) < 4.78 is 0. The van der Waals surface area contributed by atoms with E-state index < -0.39 is 0 Å². The lowest BCUT2D eigenvalue weighted by atomic mass is 9.82. The van der Waals surface area contributed by atoms with Gasteiger partial charge in [0.1, 0.15) is 0 Å². The summed E-state index contributed by atoms with van der Waals surface area (Å²) in [6.45, 7) is 16.9. The van der Waals surface area contributed by atoms with Gasteiger partial charge in [-0.05, 0) is 51.7 Å². The van der Waals surface area contributed by atoms with E-state index in [2.05, 4.69) is 52.2 Å². The Labute approximate surface area is 96.2 Å². The zero-order chi connectivity index (χ0) is 11.9. The number of hydrogen-bond acceptors (Lipinski definition) is 2. The third kappa shape index (κ3) is 10.2. The average Bonchev–Trinajstić information content (AvgIpc) is 1.99. The minimum Gasteiger partial charge on any atom is -0.317 e. The first kappa shape index (κ1) is 14.9. The molecule has 0 aromatic rings. The predicted octanol–water partition coefficient (Wildman–Crippen LogP) is 2.79. The maximum Gasteiger partial charge on any atom is 0.0130 e. The van der Waals surface area contributed by atoms with E-state index >= 15 is 0 Å². The van der Waals surface area contributed by atoms with Crippen LogP contribution in [-0.4, -0.2) is 25.2 Å². The van der Waals surface area contributed by atoms with Crippen molar-refractivity contribution in [2.45, 2.75) is 59.9 Å². The standard InChI is InChI=1S/C13H30N2/c1-7-14-9-8-10-15-13(5,6)11-12(2,3)4/h14-15H,7-11H2,1-6H3. The lowest BCUT2D eigenvalue weighted by Gasteiger charge is -2.33. The molecule has 0 spiro atoms. The molecule has 0 aliphatic heterocycles. The first-order chi connectivity index (χ1) is 6.77. The summed E-state index contributed by atoms with van der Waals surface area (Å²) >= 11 is 0. The Morgan fingerprint density at radius 2 is 1.53 bits per heavy atom. The zero-order valence-electron chi connectivity index (χ0n) is 11.5. The van der Waals surface area contributed by atoms with Gasteiger partial charge in [0, 0.05) is 5.54 Å². The van der Waals surface area contributed by atoms with Crippen LogP contribution in [0.15, 0.2) is 0 Å². The summed E-state index contributed by atoms with van der Waals surface area (Å²) in [7, 11) is 0. The molecule has 0 heterocycles. The van der Waals surface area contributed by atoms with Crippen molar-refractivity contribution >= 4 is 0 Å². The first-order valence-electron chi connectivity index (χ1n) is 6.22. The summed E-state index contributed by atoms with van der Waals surface area (Å²) in [5.74, 6) is 0.